The van der Waals surface area contributed by atoms with Crippen molar-refractivity contribution in [3.8, 4) is 0 Å². The van der Waals surface area contributed by atoms with E-state index in [2.05, 4.69) is 26.0 Å². The number of halogens is 1. The second-order valence-corrected chi connectivity index (χ2v) is 5.12. The van der Waals surface area contributed by atoms with E-state index in [1.165, 1.54) is 17.7 Å². The van der Waals surface area contributed by atoms with Crippen molar-refractivity contribution < 1.29 is 0 Å². The smallest absolute Gasteiger partial charge is 0.0406 e. The molecule has 1 rings (SSSR count). The highest BCUT2D eigenvalue weighted by molar-refractivity contribution is 7.99. The Kier molecular flexibility index (Phi) is 4.68. The van der Waals surface area contributed by atoms with E-state index in [0.29, 0.717) is 5.25 Å². The summed E-state index contributed by atoms with van der Waals surface area (Å²) in [5, 5.41) is 1.51. The van der Waals surface area contributed by atoms with Gasteiger partial charge in [0.1, 0.15) is 0 Å². The summed E-state index contributed by atoms with van der Waals surface area (Å²) >= 11 is 7.72. The molecule has 1 atom stereocenters. The average Bonchev–Trinajstić information content (AvgIpc) is 2.09. The van der Waals surface area contributed by atoms with Crippen molar-refractivity contribution in [1.82, 2.24) is 0 Å². The van der Waals surface area contributed by atoms with Crippen molar-refractivity contribution in [2.24, 2.45) is 0 Å². The fraction of sp³-hybridized carbons (Fsp3) is 0.455. The molecule has 72 valence electrons. The molecule has 0 aliphatic rings. The highest BCUT2D eigenvalue weighted by Crippen LogP contribution is 2.26. The van der Waals surface area contributed by atoms with Crippen LogP contribution in [0.1, 0.15) is 26.7 Å². The molecule has 2 heteroatoms. The Labute approximate surface area is 89.7 Å². The first-order chi connectivity index (χ1) is 6.22. The van der Waals surface area contributed by atoms with E-state index >= 15 is 0 Å². The highest BCUT2D eigenvalue weighted by Gasteiger charge is 2.02. The molecule has 0 nitrogen and oxygen atoms in total. The lowest BCUT2D eigenvalue weighted by atomic mass is 10.3. The summed E-state index contributed by atoms with van der Waals surface area (Å²) in [4.78, 5) is 1.31. The Bertz CT molecular complexity index is 243. The minimum Gasteiger partial charge on any atom is -0.123 e. The van der Waals surface area contributed by atoms with Crippen LogP contribution < -0.4 is 0 Å². The number of benzene rings is 1. The van der Waals surface area contributed by atoms with E-state index in [1.54, 1.807) is 0 Å². The number of thioether (sulfide) groups is 1. The maximum atomic E-state index is 5.80. The first-order valence-electron chi connectivity index (χ1n) is 4.64. The van der Waals surface area contributed by atoms with E-state index in [9.17, 15) is 0 Å². The summed E-state index contributed by atoms with van der Waals surface area (Å²) in [6.45, 7) is 4.49. The van der Waals surface area contributed by atoms with Crippen LogP contribution in [0.5, 0.6) is 0 Å². The van der Waals surface area contributed by atoms with Crippen LogP contribution in [0, 0.1) is 0 Å². The zero-order valence-corrected chi connectivity index (χ0v) is 9.66. The molecule has 13 heavy (non-hydrogen) atoms. The topological polar surface area (TPSA) is 0 Å². The lowest BCUT2D eigenvalue weighted by molar-refractivity contribution is 0.787. The third-order valence-electron chi connectivity index (χ3n) is 1.85. The summed E-state index contributed by atoms with van der Waals surface area (Å²) in [5.41, 5.74) is 0. The van der Waals surface area contributed by atoms with Crippen molar-refractivity contribution >= 4 is 23.4 Å². The van der Waals surface area contributed by atoms with Gasteiger partial charge >= 0.3 is 0 Å². The molecule has 0 heterocycles. The molecule has 0 aliphatic heterocycles. The molecule has 1 aromatic rings. The van der Waals surface area contributed by atoms with Gasteiger partial charge in [0.05, 0.1) is 0 Å². The van der Waals surface area contributed by atoms with Crippen LogP contribution in [0.15, 0.2) is 29.2 Å². The summed E-state index contributed by atoms with van der Waals surface area (Å²) in [5.74, 6) is 0. The van der Waals surface area contributed by atoms with Crippen LogP contribution in [0.25, 0.3) is 0 Å². The minimum atomic E-state index is 0.700. The second kappa shape index (κ2) is 5.56. The van der Waals surface area contributed by atoms with E-state index in [-0.39, 0.29) is 0 Å². The van der Waals surface area contributed by atoms with Crippen LogP contribution >= 0.6 is 23.4 Å². The Morgan fingerprint density at radius 3 is 2.46 bits per heavy atom. The van der Waals surface area contributed by atoms with Gasteiger partial charge in [-0.3, -0.25) is 0 Å². The Balaban J connectivity index is 2.49. The lowest BCUT2D eigenvalue weighted by Gasteiger charge is -2.09. The molecule has 0 radical (unpaired) electrons. The molecule has 0 bridgehead atoms. The third-order valence-corrected chi connectivity index (χ3v) is 3.28. The van der Waals surface area contributed by atoms with Gasteiger partial charge < -0.3 is 0 Å². The molecule has 0 N–H and O–H groups in total. The zero-order valence-electron chi connectivity index (χ0n) is 8.09. The fourth-order valence-electron chi connectivity index (χ4n) is 1.21. The quantitative estimate of drug-likeness (QED) is 0.659. The average molecular weight is 215 g/mol. The first-order valence-corrected chi connectivity index (χ1v) is 5.90. The van der Waals surface area contributed by atoms with Crippen molar-refractivity contribution in [3.63, 3.8) is 0 Å². The lowest BCUT2D eigenvalue weighted by Crippen LogP contribution is -1.93. The van der Waals surface area contributed by atoms with Gasteiger partial charge in [0.25, 0.3) is 0 Å². The number of hydrogen-bond acceptors (Lipinski definition) is 1. The summed E-state index contributed by atoms with van der Waals surface area (Å²) in [6.07, 6.45) is 2.52. The fourth-order valence-corrected chi connectivity index (χ4v) is 2.45. The van der Waals surface area contributed by atoms with Gasteiger partial charge in [-0.05, 0) is 30.7 Å². The standard InChI is InChI=1S/C11H15ClS/c1-3-4-9(2)13-11-7-5-10(12)6-8-11/h5-9H,3-4H2,1-2H3. The molecule has 1 aromatic carbocycles. The molecule has 0 saturated heterocycles. The van der Waals surface area contributed by atoms with Crippen molar-refractivity contribution in [3.05, 3.63) is 29.3 Å². The van der Waals surface area contributed by atoms with Gasteiger partial charge in [0, 0.05) is 15.2 Å². The van der Waals surface area contributed by atoms with Crippen LogP contribution in [-0.4, -0.2) is 5.25 Å². The Morgan fingerprint density at radius 1 is 1.31 bits per heavy atom. The monoisotopic (exact) mass is 214 g/mol. The van der Waals surface area contributed by atoms with E-state index in [0.717, 1.165) is 5.02 Å². The van der Waals surface area contributed by atoms with E-state index < -0.39 is 0 Å². The van der Waals surface area contributed by atoms with Gasteiger partial charge in [-0.25, -0.2) is 0 Å². The Morgan fingerprint density at radius 2 is 1.92 bits per heavy atom. The molecule has 0 fully saturated rings. The maximum Gasteiger partial charge on any atom is 0.0406 e. The minimum absolute atomic E-state index is 0.700. The van der Waals surface area contributed by atoms with Gasteiger partial charge in [-0.15, -0.1) is 11.8 Å². The molecule has 0 aromatic heterocycles. The van der Waals surface area contributed by atoms with E-state index in [4.69, 9.17) is 11.6 Å². The van der Waals surface area contributed by atoms with Crippen molar-refractivity contribution in [1.29, 1.82) is 0 Å². The SMILES string of the molecule is CCCC(C)Sc1ccc(Cl)cc1. The molecular formula is C11H15ClS. The van der Waals surface area contributed by atoms with Crippen LogP contribution in [0.3, 0.4) is 0 Å². The third kappa shape index (κ3) is 4.06. The largest absolute Gasteiger partial charge is 0.123 e. The molecule has 0 amide bonds. The molecular weight excluding hydrogens is 200 g/mol. The highest BCUT2D eigenvalue weighted by atomic mass is 35.5. The molecule has 0 spiro atoms. The van der Waals surface area contributed by atoms with Gasteiger partial charge in [-0.1, -0.05) is 31.9 Å². The van der Waals surface area contributed by atoms with Crippen LogP contribution in [0.4, 0.5) is 0 Å². The Hall–Kier alpha value is -0.140. The van der Waals surface area contributed by atoms with Crippen molar-refractivity contribution in [2.75, 3.05) is 0 Å². The van der Waals surface area contributed by atoms with Gasteiger partial charge in [0.2, 0.25) is 0 Å². The van der Waals surface area contributed by atoms with Crippen LogP contribution in [0.2, 0.25) is 5.02 Å². The molecule has 1 unspecified atom stereocenters. The van der Waals surface area contributed by atoms with E-state index in [1.807, 2.05) is 23.9 Å². The first kappa shape index (κ1) is 10.9. The van der Waals surface area contributed by atoms with Gasteiger partial charge in [-0.2, -0.15) is 0 Å². The summed E-state index contributed by atoms with van der Waals surface area (Å²) < 4.78 is 0. The summed E-state index contributed by atoms with van der Waals surface area (Å²) in [6, 6.07) is 8.06. The normalized spacial score (nSPS) is 12.8. The second-order valence-electron chi connectivity index (χ2n) is 3.17. The maximum absolute atomic E-state index is 5.80. The molecule has 0 saturated carbocycles. The number of hydrogen-bond donors (Lipinski definition) is 0. The van der Waals surface area contributed by atoms with Gasteiger partial charge in [0.15, 0.2) is 0 Å². The summed E-state index contributed by atoms with van der Waals surface area (Å²) in [7, 11) is 0. The predicted octanol–water partition coefficient (Wildman–Crippen LogP) is 4.62. The number of rotatable bonds is 4. The molecule has 0 aliphatic carbocycles. The van der Waals surface area contributed by atoms with Crippen LogP contribution in [-0.2, 0) is 0 Å². The zero-order chi connectivity index (χ0) is 9.68. The predicted molar refractivity (Wildman–Crippen MR) is 61.7 cm³/mol. The van der Waals surface area contributed by atoms with Crippen molar-refractivity contribution in [2.45, 2.75) is 36.8 Å².